The second kappa shape index (κ2) is 5.87. The molecule has 3 rings (SSSR count). The first-order valence-electron chi connectivity index (χ1n) is 8.21. The van der Waals surface area contributed by atoms with E-state index in [0.29, 0.717) is 6.04 Å². The minimum absolute atomic E-state index is 0.509. The highest BCUT2D eigenvalue weighted by Gasteiger charge is 2.46. The van der Waals surface area contributed by atoms with E-state index in [4.69, 9.17) is 5.84 Å². The van der Waals surface area contributed by atoms with Crippen LogP contribution in [0.4, 0.5) is 0 Å². The van der Waals surface area contributed by atoms with Crippen LogP contribution in [0.5, 0.6) is 0 Å². The van der Waals surface area contributed by atoms with Gasteiger partial charge in [0.25, 0.3) is 0 Å². The third-order valence-electron chi connectivity index (χ3n) is 5.87. The van der Waals surface area contributed by atoms with Crippen molar-refractivity contribution in [2.45, 2.75) is 51.5 Å². The average Bonchev–Trinajstić information content (AvgIpc) is 3.25. The smallest absolute Gasteiger partial charge is 0.0273 e. The molecule has 1 aromatic carbocycles. The molecule has 2 aliphatic rings. The lowest BCUT2D eigenvalue weighted by atomic mass is 9.72. The second-order valence-corrected chi connectivity index (χ2v) is 7.14. The van der Waals surface area contributed by atoms with E-state index in [1.165, 1.54) is 31.2 Å². The molecule has 1 aromatic rings. The highest BCUT2D eigenvalue weighted by atomic mass is 15.2. The summed E-state index contributed by atoms with van der Waals surface area (Å²) in [7, 11) is 0. The van der Waals surface area contributed by atoms with Gasteiger partial charge < -0.3 is 0 Å². The van der Waals surface area contributed by atoms with Crippen molar-refractivity contribution in [3.8, 4) is 0 Å². The van der Waals surface area contributed by atoms with E-state index in [0.717, 1.165) is 29.6 Å². The number of hydrogen-bond donors (Lipinski definition) is 2. The van der Waals surface area contributed by atoms with E-state index in [2.05, 4.69) is 49.6 Å². The Labute approximate surface area is 123 Å². The molecule has 0 aliphatic heterocycles. The van der Waals surface area contributed by atoms with Crippen LogP contribution in [0.1, 0.15) is 51.0 Å². The number of benzene rings is 1. The molecule has 3 N–H and O–H groups in total. The molecule has 2 nitrogen and oxygen atoms in total. The third kappa shape index (κ3) is 2.77. The fraction of sp³-hybridized carbons (Fsp3) is 0.667. The van der Waals surface area contributed by atoms with Crippen LogP contribution in [0.3, 0.4) is 0 Å². The van der Waals surface area contributed by atoms with E-state index in [1.54, 1.807) is 0 Å². The lowest BCUT2D eigenvalue weighted by molar-refractivity contribution is 0.160. The van der Waals surface area contributed by atoms with Gasteiger partial charge in [-0.1, -0.05) is 50.6 Å². The fourth-order valence-electron chi connectivity index (χ4n) is 4.22. The summed E-state index contributed by atoms with van der Waals surface area (Å²) in [6.07, 6.45) is 5.36. The first-order valence-corrected chi connectivity index (χ1v) is 8.21. The summed E-state index contributed by atoms with van der Waals surface area (Å²) in [5.74, 6) is 9.88. The molecule has 0 aromatic heterocycles. The summed E-state index contributed by atoms with van der Waals surface area (Å²) in [6.45, 7) is 4.81. The zero-order valence-corrected chi connectivity index (χ0v) is 12.8. The van der Waals surface area contributed by atoms with E-state index in [-0.39, 0.29) is 0 Å². The Balaban J connectivity index is 1.64. The molecule has 2 fully saturated rings. The summed E-state index contributed by atoms with van der Waals surface area (Å²) in [4.78, 5) is 0. The van der Waals surface area contributed by atoms with Crippen molar-refractivity contribution in [2.75, 3.05) is 0 Å². The first kappa shape index (κ1) is 14.1. The summed E-state index contributed by atoms with van der Waals surface area (Å²) in [5.41, 5.74) is 4.66. The summed E-state index contributed by atoms with van der Waals surface area (Å²) in [6, 6.07) is 11.5. The molecule has 2 saturated carbocycles. The zero-order valence-electron chi connectivity index (χ0n) is 12.8. The number of hydrogen-bond acceptors (Lipinski definition) is 2. The van der Waals surface area contributed by atoms with E-state index in [1.807, 2.05) is 0 Å². The quantitative estimate of drug-likeness (QED) is 0.648. The van der Waals surface area contributed by atoms with Gasteiger partial charge >= 0.3 is 0 Å². The lowest BCUT2D eigenvalue weighted by Crippen LogP contribution is -2.45. The maximum atomic E-state index is 5.91. The number of hydrazine groups is 1. The van der Waals surface area contributed by atoms with Gasteiger partial charge in [0.15, 0.2) is 0 Å². The highest BCUT2D eigenvalue weighted by Crippen LogP contribution is 2.52. The molecule has 20 heavy (non-hydrogen) atoms. The van der Waals surface area contributed by atoms with E-state index >= 15 is 0 Å². The maximum Gasteiger partial charge on any atom is 0.0273 e. The Morgan fingerprint density at radius 3 is 2.45 bits per heavy atom. The van der Waals surface area contributed by atoms with Crippen LogP contribution in [0.25, 0.3) is 0 Å². The van der Waals surface area contributed by atoms with Crippen molar-refractivity contribution in [1.82, 2.24) is 5.43 Å². The van der Waals surface area contributed by atoms with Crippen LogP contribution in [-0.4, -0.2) is 6.04 Å². The van der Waals surface area contributed by atoms with Gasteiger partial charge in [-0.05, 0) is 54.4 Å². The molecular weight excluding hydrogens is 244 g/mol. The van der Waals surface area contributed by atoms with Crippen LogP contribution in [0.2, 0.25) is 0 Å². The Hall–Kier alpha value is -0.860. The van der Waals surface area contributed by atoms with Crippen molar-refractivity contribution >= 4 is 0 Å². The molecule has 0 radical (unpaired) electrons. The highest BCUT2D eigenvalue weighted by molar-refractivity contribution is 5.26. The van der Waals surface area contributed by atoms with Gasteiger partial charge in [0.2, 0.25) is 0 Å². The van der Waals surface area contributed by atoms with E-state index < -0.39 is 0 Å². The van der Waals surface area contributed by atoms with Crippen LogP contribution >= 0.6 is 0 Å². The molecule has 0 bridgehead atoms. The number of nitrogens with one attached hydrogen (secondary N) is 1. The van der Waals surface area contributed by atoms with Gasteiger partial charge in [-0.25, -0.2) is 0 Å². The zero-order chi connectivity index (χ0) is 14.1. The molecular formula is C18H28N2. The molecule has 6 unspecified atom stereocenters. The Morgan fingerprint density at radius 2 is 1.80 bits per heavy atom. The summed E-state index contributed by atoms with van der Waals surface area (Å²) < 4.78 is 0. The molecule has 2 aliphatic carbocycles. The van der Waals surface area contributed by atoms with Crippen LogP contribution in [-0.2, 0) is 0 Å². The molecule has 0 amide bonds. The van der Waals surface area contributed by atoms with Gasteiger partial charge in [0.1, 0.15) is 0 Å². The van der Waals surface area contributed by atoms with Gasteiger partial charge in [-0.15, -0.1) is 0 Å². The van der Waals surface area contributed by atoms with Gasteiger partial charge in [-0.2, -0.15) is 0 Å². The molecule has 0 spiro atoms. The number of rotatable bonds is 4. The Morgan fingerprint density at radius 1 is 1.05 bits per heavy atom. The predicted molar refractivity (Wildman–Crippen MR) is 84.1 cm³/mol. The standard InChI is InChI=1S/C18H28N2/c1-12-8-9-15(10-13(12)2)18(20-19)17-11-16(17)14-6-4-3-5-7-14/h3-7,12-13,15-18,20H,8-11,19H2,1-2H3. The van der Waals surface area contributed by atoms with Crippen molar-refractivity contribution < 1.29 is 0 Å². The molecule has 110 valence electrons. The Kier molecular flexibility index (Phi) is 4.13. The van der Waals surface area contributed by atoms with E-state index in [9.17, 15) is 0 Å². The van der Waals surface area contributed by atoms with Crippen LogP contribution in [0.15, 0.2) is 30.3 Å². The van der Waals surface area contributed by atoms with Gasteiger partial charge in [0.05, 0.1) is 0 Å². The largest absolute Gasteiger partial charge is 0.271 e. The van der Waals surface area contributed by atoms with Crippen molar-refractivity contribution in [2.24, 2.45) is 29.5 Å². The van der Waals surface area contributed by atoms with Crippen molar-refractivity contribution in [3.05, 3.63) is 35.9 Å². The van der Waals surface area contributed by atoms with Gasteiger partial charge in [0, 0.05) is 6.04 Å². The number of nitrogens with two attached hydrogens (primary N) is 1. The van der Waals surface area contributed by atoms with Crippen molar-refractivity contribution in [1.29, 1.82) is 0 Å². The Bertz CT molecular complexity index is 430. The topological polar surface area (TPSA) is 38.0 Å². The predicted octanol–water partition coefficient (Wildman–Crippen LogP) is 3.69. The van der Waals surface area contributed by atoms with Crippen LogP contribution < -0.4 is 11.3 Å². The SMILES string of the molecule is CC1CCC(C(NN)C2CC2c2ccccc2)CC1C. The monoisotopic (exact) mass is 272 g/mol. The fourth-order valence-corrected chi connectivity index (χ4v) is 4.22. The lowest BCUT2D eigenvalue weighted by Gasteiger charge is -2.36. The normalized spacial score (nSPS) is 38.5. The van der Waals surface area contributed by atoms with Crippen molar-refractivity contribution in [3.63, 3.8) is 0 Å². The first-order chi connectivity index (χ1) is 9.70. The molecule has 2 heteroatoms. The third-order valence-corrected chi connectivity index (χ3v) is 5.87. The van der Waals surface area contributed by atoms with Crippen LogP contribution in [0, 0.1) is 23.7 Å². The maximum absolute atomic E-state index is 5.91. The minimum atomic E-state index is 0.509. The molecule has 0 heterocycles. The summed E-state index contributed by atoms with van der Waals surface area (Å²) >= 11 is 0. The molecule has 6 atom stereocenters. The average molecular weight is 272 g/mol. The second-order valence-electron chi connectivity index (χ2n) is 7.14. The summed E-state index contributed by atoms with van der Waals surface area (Å²) in [5, 5.41) is 0. The van der Waals surface area contributed by atoms with Gasteiger partial charge in [-0.3, -0.25) is 11.3 Å². The minimum Gasteiger partial charge on any atom is -0.271 e. The molecule has 0 saturated heterocycles.